The molecule has 0 aliphatic carbocycles. The number of alkyl halides is 4. The summed E-state index contributed by atoms with van der Waals surface area (Å²) in [5, 5.41) is 2.87. The first-order valence-corrected chi connectivity index (χ1v) is 15.2. The Balaban J connectivity index is 1.39. The van der Waals surface area contributed by atoms with Crippen LogP contribution in [0.25, 0.3) is 17.1 Å². The van der Waals surface area contributed by atoms with Crippen LogP contribution in [0.15, 0.2) is 30.6 Å². The van der Waals surface area contributed by atoms with Gasteiger partial charge in [-0.3, -0.25) is 4.90 Å². The maximum Gasteiger partial charge on any atom is 0.420 e. The van der Waals surface area contributed by atoms with E-state index in [9.17, 15) is 17.6 Å². The van der Waals surface area contributed by atoms with Gasteiger partial charge in [0.15, 0.2) is 0 Å². The second kappa shape index (κ2) is 12.8. The molecule has 2 fully saturated rings. The minimum atomic E-state index is -4.76. The number of nitrogens with zero attached hydrogens (tertiary/aromatic N) is 7. The average Bonchev–Trinajstić information content (AvgIpc) is 3.35. The normalized spacial score (nSPS) is 21.1. The van der Waals surface area contributed by atoms with Crippen molar-refractivity contribution in [3.8, 4) is 17.1 Å². The molecule has 0 saturated carbocycles. The predicted molar refractivity (Wildman–Crippen MR) is 154 cm³/mol. The van der Waals surface area contributed by atoms with E-state index in [-0.39, 0.29) is 23.9 Å². The zero-order valence-corrected chi connectivity index (χ0v) is 24.7. The standard InChI is InChI=1S/C28H35F5N8S/c1-4-38-9-11-39(12-10-38)15-19-5-6-25(21(29)13-19)41-17-24(35-18(41)2)26-20(28(31,32)33)14-34-27(37-26)36-23-7-8-40(42-3)16-22(23)30/h5-6,13-14,17,22-23H,4,7-12,15-16H2,1-3H3,(H,34,36,37). The van der Waals surface area contributed by atoms with Gasteiger partial charge >= 0.3 is 6.18 Å². The molecule has 2 saturated heterocycles. The number of aromatic nitrogens is 4. The summed E-state index contributed by atoms with van der Waals surface area (Å²) in [4.78, 5) is 16.9. The molecule has 1 aromatic carbocycles. The van der Waals surface area contributed by atoms with Gasteiger partial charge in [-0.1, -0.05) is 24.9 Å². The SMILES string of the molecule is CCN1CCN(Cc2ccc(-n3cc(-c4nc(NC5CCN(SC)CC5F)ncc4C(F)(F)F)nc3C)c(F)c2)CC1. The molecule has 0 amide bonds. The van der Waals surface area contributed by atoms with Crippen LogP contribution < -0.4 is 5.32 Å². The number of hydrogen-bond acceptors (Lipinski definition) is 8. The van der Waals surface area contributed by atoms with Crippen molar-refractivity contribution in [1.82, 2.24) is 33.6 Å². The van der Waals surface area contributed by atoms with E-state index in [4.69, 9.17) is 0 Å². The van der Waals surface area contributed by atoms with Crippen LogP contribution in [0.5, 0.6) is 0 Å². The molecule has 0 radical (unpaired) electrons. The largest absolute Gasteiger partial charge is 0.420 e. The monoisotopic (exact) mass is 610 g/mol. The van der Waals surface area contributed by atoms with Crippen molar-refractivity contribution in [2.75, 3.05) is 57.4 Å². The first-order valence-electron chi connectivity index (χ1n) is 14.0. The maximum atomic E-state index is 15.3. The van der Waals surface area contributed by atoms with Crippen molar-refractivity contribution in [3.05, 3.63) is 53.4 Å². The van der Waals surface area contributed by atoms with Gasteiger partial charge in [0.1, 0.15) is 34.8 Å². The molecule has 3 aromatic rings. The third kappa shape index (κ3) is 6.87. The van der Waals surface area contributed by atoms with Crippen molar-refractivity contribution in [2.45, 2.75) is 45.2 Å². The van der Waals surface area contributed by atoms with Gasteiger partial charge in [-0.05, 0) is 43.8 Å². The number of nitrogens with one attached hydrogen (secondary N) is 1. The summed E-state index contributed by atoms with van der Waals surface area (Å²) >= 11 is 1.44. The lowest BCUT2D eigenvalue weighted by atomic mass is 10.1. The van der Waals surface area contributed by atoms with Crippen molar-refractivity contribution >= 4 is 17.9 Å². The number of imidazole rings is 1. The van der Waals surface area contributed by atoms with E-state index in [0.29, 0.717) is 31.5 Å². The molecule has 228 valence electrons. The van der Waals surface area contributed by atoms with Crippen LogP contribution >= 0.6 is 11.9 Å². The Kier molecular flexibility index (Phi) is 9.35. The summed E-state index contributed by atoms with van der Waals surface area (Å²) < 4.78 is 75.3. The minimum Gasteiger partial charge on any atom is -0.348 e. The lowest BCUT2D eigenvalue weighted by Crippen LogP contribution is -2.45. The van der Waals surface area contributed by atoms with Crippen LogP contribution in [0.4, 0.5) is 27.9 Å². The van der Waals surface area contributed by atoms with E-state index in [0.717, 1.165) is 38.3 Å². The zero-order chi connectivity index (χ0) is 30.0. The van der Waals surface area contributed by atoms with E-state index in [2.05, 4.69) is 37.0 Å². The van der Waals surface area contributed by atoms with Crippen molar-refractivity contribution < 1.29 is 22.0 Å². The highest BCUT2D eigenvalue weighted by Gasteiger charge is 2.37. The van der Waals surface area contributed by atoms with Crippen LogP contribution in [0.2, 0.25) is 0 Å². The molecule has 2 unspecified atom stereocenters. The summed E-state index contributed by atoms with van der Waals surface area (Å²) in [6.07, 6.45) is -1.67. The van der Waals surface area contributed by atoms with E-state index >= 15 is 4.39 Å². The summed E-state index contributed by atoms with van der Waals surface area (Å²) in [5.74, 6) is -0.328. The molecule has 0 bridgehead atoms. The van der Waals surface area contributed by atoms with Gasteiger partial charge < -0.3 is 14.8 Å². The Morgan fingerprint density at radius 1 is 1.07 bits per heavy atom. The molecule has 42 heavy (non-hydrogen) atoms. The molecule has 8 nitrogen and oxygen atoms in total. The van der Waals surface area contributed by atoms with E-state index in [1.54, 1.807) is 13.0 Å². The third-order valence-corrected chi connectivity index (χ3v) is 8.73. The van der Waals surface area contributed by atoms with Gasteiger partial charge in [-0.25, -0.2) is 28.0 Å². The van der Waals surface area contributed by atoms with E-state index < -0.39 is 35.5 Å². The molecule has 2 atom stereocenters. The van der Waals surface area contributed by atoms with Crippen LogP contribution in [0.1, 0.15) is 30.3 Å². The van der Waals surface area contributed by atoms with Crippen molar-refractivity contribution in [2.24, 2.45) is 0 Å². The quantitative estimate of drug-likeness (QED) is 0.282. The molecule has 0 spiro atoms. The fourth-order valence-corrected chi connectivity index (χ4v) is 6.00. The summed E-state index contributed by atoms with van der Waals surface area (Å²) in [6, 6.07) is 4.27. The Morgan fingerprint density at radius 3 is 2.45 bits per heavy atom. The van der Waals surface area contributed by atoms with Gasteiger partial charge in [0, 0.05) is 58.2 Å². The maximum absolute atomic E-state index is 15.3. The van der Waals surface area contributed by atoms with E-state index in [1.165, 1.54) is 28.8 Å². The Labute approximate surface area is 246 Å². The first kappa shape index (κ1) is 30.6. The lowest BCUT2D eigenvalue weighted by molar-refractivity contribution is -0.137. The van der Waals surface area contributed by atoms with Crippen LogP contribution in [-0.2, 0) is 12.7 Å². The van der Waals surface area contributed by atoms with Crippen LogP contribution in [-0.4, -0.2) is 97.9 Å². The highest BCUT2D eigenvalue weighted by molar-refractivity contribution is 7.96. The summed E-state index contributed by atoms with van der Waals surface area (Å²) in [6.45, 7) is 9.91. The zero-order valence-electron chi connectivity index (χ0n) is 23.8. The van der Waals surface area contributed by atoms with Gasteiger partial charge in [-0.2, -0.15) is 13.2 Å². The number of piperazine rings is 1. The molecule has 1 N–H and O–H groups in total. The third-order valence-electron chi connectivity index (χ3n) is 7.89. The molecule has 2 aromatic heterocycles. The Morgan fingerprint density at radius 2 is 1.81 bits per heavy atom. The van der Waals surface area contributed by atoms with Crippen molar-refractivity contribution in [3.63, 3.8) is 0 Å². The topological polar surface area (TPSA) is 65.3 Å². The average molecular weight is 611 g/mol. The molecule has 14 heteroatoms. The van der Waals surface area contributed by atoms with Crippen LogP contribution in [0.3, 0.4) is 0 Å². The van der Waals surface area contributed by atoms with Gasteiger partial charge in [-0.15, -0.1) is 0 Å². The summed E-state index contributed by atoms with van der Waals surface area (Å²) in [7, 11) is 0. The number of hydrogen-bond donors (Lipinski definition) is 1. The Hall–Kier alpha value is -2.81. The second-order valence-corrected chi connectivity index (χ2v) is 11.5. The number of benzene rings is 1. The number of halogens is 5. The van der Waals surface area contributed by atoms with Crippen LogP contribution in [0, 0.1) is 12.7 Å². The second-order valence-electron chi connectivity index (χ2n) is 10.6. The van der Waals surface area contributed by atoms with Gasteiger partial charge in [0.2, 0.25) is 5.95 Å². The molecular formula is C28H35F5N8S. The Bertz CT molecular complexity index is 1370. The molecule has 2 aliphatic heterocycles. The predicted octanol–water partition coefficient (Wildman–Crippen LogP) is 5.04. The molecule has 4 heterocycles. The molecular weight excluding hydrogens is 575 g/mol. The lowest BCUT2D eigenvalue weighted by Gasteiger charge is -2.34. The number of aryl methyl sites for hydroxylation is 1. The molecule has 5 rings (SSSR count). The molecule has 2 aliphatic rings. The van der Waals surface area contributed by atoms with Gasteiger partial charge in [0.05, 0.1) is 11.7 Å². The van der Waals surface area contributed by atoms with Crippen molar-refractivity contribution in [1.29, 1.82) is 0 Å². The first-order chi connectivity index (χ1) is 20.0. The fraction of sp³-hybridized carbons (Fsp3) is 0.536. The number of likely N-dealkylation sites (N-methyl/N-ethyl adjacent to an activating group) is 1. The van der Waals surface area contributed by atoms with Gasteiger partial charge in [0.25, 0.3) is 0 Å². The minimum absolute atomic E-state index is 0.0865. The highest BCUT2D eigenvalue weighted by atomic mass is 32.2. The smallest absolute Gasteiger partial charge is 0.348 e. The summed E-state index contributed by atoms with van der Waals surface area (Å²) in [5.41, 5.74) is -0.628. The number of rotatable bonds is 8. The van der Waals surface area contributed by atoms with E-state index in [1.807, 2.05) is 16.6 Å². The highest BCUT2D eigenvalue weighted by Crippen LogP contribution is 2.36. The number of piperidine rings is 1. The number of anilines is 1. The fourth-order valence-electron chi connectivity index (χ4n) is 5.42.